The van der Waals surface area contributed by atoms with E-state index in [0.717, 1.165) is 49.1 Å². The minimum absolute atomic E-state index is 0.0814. The van der Waals surface area contributed by atoms with Crippen molar-refractivity contribution in [3.8, 4) is 0 Å². The molecule has 3 heterocycles. The van der Waals surface area contributed by atoms with E-state index in [2.05, 4.69) is 48.1 Å². The van der Waals surface area contributed by atoms with E-state index in [1.165, 1.54) is 5.56 Å². The molecule has 2 unspecified atom stereocenters. The van der Waals surface area contributed by atoms with Crippen molar-refractivity contribution >= 4 is 29.4 Å². The Bertz CT molecular complexity index is 1050. The molecule has 3 fully saturated rings. The maximum atomic E-state index is 12.9. The van der Waals surface area contributed by atoms with Crippen LogP contribution in [0.1, 0.15) is 47.2 Å². The van der Waals surface area contributed by atoms with Gasteiger partial charge in [-0.3, -0.25) is 9.59 Å². The minimum atomic E-state index is -0.106. The van der Waals surface area contributed by atoms with Crippen LogP contribution in [0.4, 0.5) is 5.82 Å². The monoisotopic (exact) mass is 478 g/mol. The number of benzene rings is 1. The van der Waals surface area contributed by atoms with Crippen LogP contribution in [-0.4, -0.2) is 65.9 Å². The summed E-state index contributed by atoms with van der Waals surface area (Å²) in [4.78, 5) is 34.5. The minimum Gasteiger partial charge on any atom is -0.355 e. The van der Waals surface area contributed by atoms with Gasteiger partial charge >= 0.3 is 0 Å². The normalized spacial score (nSPS) is 24.0. The fraction of sp³-hybridized carbons (Fsp3) is 0.519. The number of amides is 2. The van der Waals surface area contributed by atoms with Crippen LogP contribution in [0.2, 0.25) is 0 Å². The standard InChI is InChI=1S/C27H34N4O2S/c1-27(2,3)19-9-7-18(8-10-19)26(33)31-16-21-20(22(21)17-31)15-28-25(32)23-5-4-6-24(29-23)30-11-13-34-14-12-30/h4-10,20-22H,11-17H2,1-3H3,(H,28,32). The van der Waals surface area contributed by atoms with Crippen molar-refractivity contribution in [1.82, 2.24) is 15.2 Å². The van der Waals surface area contributed by atoms with Crippen molar-refractivity contribution in [3.63, 3.8) is 0 Å². The molecule has 0 bridgehead atoms. The number of rotatable bonds is 5. The second kappa shape index (κ2) is 9.25. The van der Waals surface area contributed by atoms with E-state index >= 15 is 0 Å². The van der Waals surface area contributed by atoms with Gasteiger partial charge in [-0.05, 0) is 53.0 Å². The molecule has 2 amide bonds. The van der Waals surface area contributed by atoms with Gasteiger partial charge in [-0.15, -0.1) is 0 Å². The summed E-state index contributed by atoms with van der Waals surface area (Å²) in [5.74, 6) is 4.54. The maximum absolute atomic E-state index is 12.9. The Labute approximate surface area is 206 Å². The third-order valence-corrected chi connectivity index (χ3v) is 8.40. The lowest BCUT2D eigenvalue weighted by atomic mass is 9.86. The molecule has 2 atom stereocenters. The van der Waals surface area contributed by atoms with Crippen molar-refractivity contribution in [1.29, 1.82) is 0 Å². The Morgan fingerprint density at radius 3 is 2.35 bits per heavy atom. The molecular weight excluding hydrogens is 444 g/mol. The molecule has 7 heteroatoms. The molecule has 2 aliphatic heterocycles. The van der Waals surface area contributed by atoms with Crippen molar-refractivity contribution in [2.75, 3.05) is 49.1 Å². The highest BCUT2D eigenvalue weighted by atomic mass is 32.2. The summed E-state index contributed by atoms with van der Waals surface area (Å²) < 4.78 is 0. The molecule has 6 nitrogen and oxygen atoms in total. The highest BCUT2D eigenvalue weighted by Gasteiger charge is 2.56. The number of anilines is 1. The average molecular weight is 479 g/mol. The smallest absolute Gasteiger partial charge is 0.269 e. The zero-order chi connectivity index (χ0) is 23.9. The van der Waals surface area contributed by atoms with Crippen molar-refractivity contribution in [2.24, 2.45) is 17.8 Å². The topological polar surface area (TPSA) is 65.5 Å². The lowest BCUT2D eigenvalue weighted by molar-refractivity contribution is 0.0765. The molecule has 5 rings (SSSR count). The average Bonchev–Trinajstić information content (AvgIpc) is 3.30. The van der Waals surface area contributed by atoms with Gasteiger partial charge in [-0.1, -0.05) is 39.0 Å². The lowest BCUT2D eigenvalue weighted by Gasteiger charge is -2.27. The van der Waals surface area contributed by atoms with E-state index in [9.17, 15) is 9.59 Å². The third kappa shape index (κ3) is 4.81. The number of pyridine rings is 1. The van der Waals surface area contributed by atoms with Gasteiger partial charge in [0.1, 0.15) is 11.5 Å². The fourth-order valence-electron chi connectivity index (χ4n) is 5.23. The van der Waals surface area contributed by atoms with E-state index in [0.29, 0.717) is 30.0 Å². The van der Waals surface area contributed by atoms with Gasteiger partial charge in [0.25, 0.3) is 11.8 Å². The number of fused-ring (bicyclic) bond motifs is 1. The van der Waals surface area contributed by atoms with Gasteiger partial charge in [-0.25, -0.2) is 4.98 Å². The van der Waals surface area contributed by atoms with E-state index in [1.807, 2.05) is 40.9 Å². The highest BCUT2D eigenvalue weighted by Crippen LogP contribution is 2.51. The molecule has 3 aliphatic rings. The number of hydrogen-bond acceptors (Lipinski definition) is 5. The summed E-state index contributed by atoms with van der Waals surface area (Å²) in [6.45, 7) is 10.7. The summed E-state index contributed by atoms with van der Waals surface area (Å²) in [5, 5.41) is 3.09. The first-order valence-electron chi connectivity index (χ1n) is 12.3. The molecule has 1 aromatic carbocycles. The van der Waals surface area contributed by atoms with E-state index < -0.39 is 0 Å². The van der Waals surface area contributed by atoms with Crippen molar-refractivity contribution in [2.45, 2.75) is 26.2 Å². The number of thioether (sulfide) groups is 1. The van der Waals surface area contributed by atoms with E-state index in [4.69, 9.17) is 0 Å². The number of carbonyl (C=O) groups excluding carboxylic acids is 2. The quantitative estimate of drug-likeness (QED) is 0.710. The fourth-order valence-corrected chi connectivity index (χ4v) is 6.14. The zero-order valence-electron chi connectivity index (χ0n) is 20.3. The van der Waals surface area contributed by atoms with Crippen LogP contribution in [0.25, 0.3) is 0 Å². The number of hydrogen-bond donors (Lipinski definition) is 1. The number of aromatic nitrogens is 1. The van der Waals surface area contributed by atoms with Crippen LogP contribution in [0.15, 0.2) is 42.5 Å². The number of carbonyl (C=O) groups is 2. The predicted octanol–water partition coefficient (Wildman–Crippen LogP) is 3.68. The lowest BCUT2D eigenvalue weighted by Crippen LogP contribution is -2.35. The molecule has 1 saturated carbocycles. The predicted molar refractivity (Wildman–Crippen MR) is 138 cm³/mol. The summed E-state index contributed by atoms with van der Waals surface area (Å²) in [6.07, 6.45) is 0. The second-order valence-electron chi connectivity index (χ2n) is 10.7. The van der Waals surface area contributed by atoms with Crippen LogP contribution in [0.3, 0.4) is 0 Å². The number of piperidine rings is 1. The van der Waals surface area contributed by atoms with E-state index in [-0.39, 0.29) is 17.2 Å². The molecule has 2 aromatic rings. The largest absolute Gasteiger partial charge is 0.355 e. The molecular formula is C27H34N4O2S. The van der Waals surface area contributed by atoms with Crippen molar-refractivity contribution in [3.05, 3.63) is 59.3 Å². The Hall–Kier alpha value is -2.54. The first-order chi connectivity index (χ1) is 16.3. The summed E-state index contributed by atoms with van der Waals surface area (Å²) in [6, 6.07) is 13.7. The summed E-state index contributed by atoms with van der Waals surface area (Å²) >= 11 is 1.96. The van der Waals surface area contributed by atoms with Crippen molar-refractivity contribution < 1.29 is 9.59 Å². The molecule has 34 heavy (non-hydrogen) atoms. The summed E-state index contributed by atoms with van der Waals surface area (Å²) in [7, 11) is 0. The Kier molecular flexibility index (Phi) is 6.32. The van der Waals surface area contributed by atoms with Gasteiger partial charge in [-0.2, -0.15) is 11.8 Å². The van der Waals surface area contributed by atoms with Crippen LogP contribution in [-0.2, 0) is 5.41 Å². The molecule has 0 spiro atoms. The SMILES string of the molecule is CC(C)(C)c1ccc(C(=O)N2CC3C(CNC(=O)c4cccc(N5CCSCC5)n4)C3C2)cc1. The maximum Gasteiger partial charge on any atom is 0.269 e. The van der Waals surface area contributed by atoms with Gasteiger partial charge in [0.2, 0.25) is 0 Å². The Balaban J connectivity index is 1.11. The zero-order valence-corrected chi connectivity index (χ0v) is 21.1. The van der Waals surface area contributed by atoms with Gasteiger partial charge in [0.05, 0.1) is 0 Å². The molecule has 1 N–H and O–H groups in total. The van der Waals surface area contributed by atoms with Crippen LogP contribution < -0.4 is 10.2 Å². The molecule has 0 radical (unpaired) electrons. The number of likely N-dealkylation sites (tertiary alicyclic amines) is 1. The summed E-state index contributed by atoms with van der Waals surface area (Å²) in [5.41, 5.74) is 2.56. The van der Waals surface area contributed by atoms with Gasteiger partial charge in [0.15, 0.2) is 0 Å². The molecule has 1 aromatic heterocycles. The number of nitrogens with one attached hydrogen (secondary N) is 1. The second-order valence-corrected chi connectivity index (χ2v) is 11.9. The first-order valence-corrected chi connectivity index (χ1v) is 13.4. The third-order valence-electron chi connectivity index (χ3n) is 7.46. The van der Waals surface area contributed by atoms with Crippen LogP contribution >= 0.6 is 11.8 Å². The molecule has 1 aliphatic carbocycles. The first kappa shape index (κ1) is 23.2. The molecule has 2 saturated heterocycles. The molecule has 180 valence electrons. The number of nitrogens with zero attached hydrogens (tertiary/aromatic N) is 3. The van der Waals surface area contributed by atoms with Gasteiger partial charge < -0.3 is 15.1 Å². The highest BCUT2D eigenvalue weighted by molar-refractivity contribution is 7.99. The Morgan fingerprint density at radius 2 is 1.71 bits per heavy atom. The van der Waals surface area contributed by atoms with Crippen LogP contribution in [0, 0.1) is 17.8 Å². The Morgan fingerprint density at radius 1 is 1.03 bits per heavy atom. The van der Waals surface area contributed by atoms with Gasteiger partial charge in [0, 0.05) is 49.8 Å². The van der Waals surface area contributed by atoms with E-state index in [1.54, 1.807) is 6.07 Å². The van der Waals surface area contributed by atoms with Crippen LogP contribution in [0.5, 0.6) is 0 Å².